The van der Waals surface area contributed by atoms with Crippen LogP contribution in [0.3, 0.4) is 0 Å². The van der Waals surface area contributed by atoms with Crippen molar-refractivity contribution in [3.8, 4) is 11.5 Å². The van der Waals surface area contributed by atoms with E-state index in [0.29, 0.717) is 28.4 Å². The number of fused-ring (bicyclic) bond motifs is 1. The van der Waals surface area contributed by atoms with Crippen LogP contribution in [-0.4, -0.2) is 29.5 Å². The third-order valence-corrected chi connectivity index (χ3v) is 4.02. The highest BCUT2D eigenvalue weighted by molar-refractivity contribution is 6.05. The van der Waals surface area contributed by atoms with Crippen molar-refractivity contribution in [1.29, 1.82) is 0 Å². The fourth-order valence-electron chi connectivity index (χ4n) is 2.62. The van der Waals surface area contributed by atoms with Gasteiger partial charge in [0.2, 0.25) is 0 Å². The van der Waals surface area contributed by atoms with Crippen molar-refractivity contribution >= 4 is 17.2 Å². The average molecular weight is 353 g/mol. The van der Waals surface area contributed by atoms with Gasteiger partial charge in [-0.1, -0.05) is 0 Å². The zero-order valence-electron chi connectivity index (χ0n) is 15.0. The number of hydrogen-bond acceptors (Lipinski definition) is 5. The summed E-state index contributed by atoms with van der Waals surface area (Å²) in [4.78, 5) is 29.8. The van der Waals surface area contributed by atoms with E-state index in [2.05, 4.69) is 10.3 Å². The molecule has 1 N–H and O–H groups in total. The maximum atomic E-state index is 12.7. The Morgan fingerprint density at radius 1 is 1.08 bits per heavy atom. The molecule has 0 atom stereocenters. The van der Waals surface area contributed by atoms with Gasteiger partial charge in [-0.15, -0.1) is 0 Å². The van der Waals surface area contributed by atoms with Gasteiger partial charge in [-0.25, -0.2) is 4.98 Å². The Labute approximate surface area is 150 Å². The van der Waals surface area contributed by atoms with Crippen molar-refractivity contribution in [2.45, 2.75) is 13.8 Å². The number of carbonyl (C=O) groups is 1. The monoisotopic (exact) mass is 353 g/mol. The summed E-state index contributed by atoms with van der Waals surface area (Å²) in [6.45, 7) is 3.61. The van der Waals surface area contributed by atoms with Gasteiger partial charge in [0.25, 0.3) is 11.5 Å². The molecule has 3 aromatic rings. The van der Waals surface area contributed by atoms with E-state index in [1.807, 2.05) is 19.1 Å². The summed E-state index contributed by atoms with van der Waals surface area (Å²) in [5.74, 6) is 0.515. The van der Waals surface area contributed by atoms with Gasteiger partial charge in [0.1, 0.15) is 22.8 Å². The molecule has 7 heteroatoms. The summed E-state index contributed by atoms with van der Waals surface area (Å²) in [7, 11) is 3.00. The van der Waals surface area contributed by atoms with Gasteiger partial charge in [-0.2, -0.15) is 0 Å². The largest absolute Gasteiger partial charge is 0.497 e. The van der Waals surface area contributed by atoms with Crippen molar-refractivity contribution in [3.63, 3.8) is 0 Å². The van der Waals surface area contributed by atoms with Gasteiger partial charge in [0, 0.05) is 17.8 Å². The van der Waals surface area contributed by atoms with Gasteiger partial charge in [0.05, 0.1) is 19.9 Å². The van der Waals surface area contributed by atoms with Crippen molar-refractivity contribution < 1.29 is 14.3 Å². The van der Waals surface area contributed by atoms with Crippen LogP contribution in [-0.2, 0) is 0 Å². The Balaban J connectivity index is 2.02. The summed E-state index contributed by atoms with van der Waals surface area (Å²) >= 11 is 0. The first-order valence-electron chi connectivity index (χ1n) is 7.97. The molecule has 0 radical (unpaired) electrons. The molecule has 0 unspecified atom stereocenters. The van der Waals surface area contributed by atoms with E-state index < -0.39 is 5.91 Å². The van der Waals surface area contributed by atoms with Crippen LogP contribution in [0.2, 0.25) is 0 Å². The molecule has 0 aliphatic heterocycles. The molecule has 2 aromatic heterocycles. The molecule has 3 rings (SSSR count). The Morgan fingerprint density at radius 2 is 1.73 bits per heavy atom. The molecular weight excluding hydrogens is 334 g/mol. The van der Waals surface area contributed by atoms with E-state index in [-0.39, 0.29) is 11.2 Å². The predicted molar refractivity (Wildman–Crippen MR) is 98.4 cm³/mol. The first kappa shape index (κ1) is 17.5. The Morgan fingerprint density at radius 3 is 2.35 bits per heavy atom. The summed E-state index contributed by atoms with van der Waals surface area (Å²) in [6.07, 6.45) is 1.64. The number of nitrogens with zero attached hydrogens (tertiary/aromatic N) is 2. The van der Waals surface area contributed by atoms with Crippen molar-refractivity contribution in [2.75, 3.05) is 19.5 Å². The average Bonchev–Trinajstić information content (AvgIpc) is 2.64. The molecule has 0 fully saturated rings. The van der Waals surface area contributed by atoms with E-state index in [1.54, 1.807) is 31.3 Å². The molecule has 0 saturated carbocycles. The lowest BCUT2D eigenvalue weighted by Crippen LogP contribution is -2.25. The quantitative estimate of drug-likeness (QED) is 0.780. The molecule has 1 aromatic carbocycles. The zero-order chi connectivity index (χ0) is 18.8. The highest BCUT2D eigenvalue weighted by Gasteiger charge is 2.16. The van der Waals surface area contributed by atoms with Crippen LogP contribution in [0.5, 0.6) is 11.5 Å². The number of anilines is 1. The lowest BCUT2D eigenvalue weighted by Gasteiger charge is -2.11. The number of methoxy groups -OCH3 is 2. The number of aromatic nitrogens is 2. The second kappa shape index (κ2) is 6.87. The molecule has 0 aliphatic rings. The first-order chi connectivity index (χ1) is 12.4. The smallest absolute Gasteiger partial charge is 0.281 e. The Hall–Kier alpha value is -3.35. The third kappa shape index (κ3) is 3.23. The van der Waals surface area contributed by atoms with E-state index in [0.717, 1.165) is 5.56 Å². The van der Waals surface area contributed by atoms with Crippen LogP contribution in [0.1, 0.15) is 21.6 Å². The van der Waals surface area contributed by atoms with Gasteiger partial charge in [-0.3, -0.25) is 14.0 Å². The van der Waals surface area contributed by atoms with Gasteiger partial charge in [-0.05, 0) is 43.7 Å². The van der Waals surface area contributed by atoms with E-state index in [1.165, 1.54) is 18.6 Å². The molecule has 0 aliphatic carbocycles. The Bertz CT molecular complexity index is 1030. The minimum absolute atomic E-state index is 0.137. The molecule has 134 valence electrons. The van der Waals surface area contributed by atoms with Crippen LogP contribution in [0.4, 0.5) is 5.69 Å². The standard InChI is InChI=1S/C19H19N3O4/c1-11-5-6-22-16(7-11)20-12(2)17(19(22)24)21-18(23)13-8-14(25-3)10-15(9-13)26-4/h5-10H,1-4H3,(H,21,23). The number of nitrogens with one attached hydrogen (secondary N) is 1. The second-order valence-corrected chi connectivity index (χ2v) is 5.87. The summed E-state index contributed by atoms with van der Waals surface area (Å²) in [6, 6.07) is 8.43. The number of amides is 1. The zero-order valence-corrected chi connectivity index (χ0v) is 15.0. The van der Waals surface area contributed by atoms with E-state index in [9.17, 15) is 9.59 Å². The molecular formula is C19H19N3O4. The number of hydrogen-bond donors (Lipinski definition) is 1. The number of ether oxygens (including phenoxy) is 2. The molecule has 0 bridgehead atoms. The number of pyridine rings is 1. The fraction of sp³-hybridized carbons (Fsp3) is 0.211. The fourth-order valence-corrected chi connectivity index (χ4v) is 2.62. The summed E-state index contributed by atoms with van der Waals surface area (Å²) < 4.78 is 11.8. The Kier molecular flexibility index (Phi) is 4.62. The highest BCUT2D eigenvalue weighted by atomic mass is 16.5. The molecule has 2 heterocycles. The SMILES string of the molecule is COc1cc(OC)cc(C(=O)Nc2c(C)nc3cc(C)ccn3c2=O)c1. The van der Waals surface area contributed by atoms with Crippen LogP contribution in [0.25, 0.3) is 5.65 Å². The summed E-state index contributed by atoms with van der Waals surface area (Å²) in [5.41, 5.74) is 2.09. The van der Waals surface area contributed by atoms with Crippen molar-refractivity contribution in [2.24, 2.45) is 0 Å². The van der Waals surface area contributed by atoms with Gasteiger partial charge >= 0.3 is 0 Å². The minimum atomic E-state index is -0.448. The maximum absolute atomic E-state index is 12.7. The van der Waals surface area contributed by atoms with Crippen molar-refractivity contribution in [1.82, 2.24) is 9.38 Å². The molecule has 0 spiro atoms. The number of benzene rings is 1. The molecule has 0 saturated heterocycles. The van der Waals surface area contributed by atoms with Crippen LogP contribution < -0.4 is 20.3 Å². The molecule has 26 heavy (non-hydrogen) atoms. The summed E-state index contributed by atoms with van der Waals surface area (Å²) in [5, 5.41) is 2.66. The third-order valence-electron chi connectivity index (χ3n) is 4.02. The van der Waals surface area contributed by atoms with E-state index >= 15 is 0 Å². The maximum Gasteiger partial charge on any atom is 0.281 e. The van der Waals surface area contributed by atoms with Crippen LogP contribution in [0.15, 0.2) is 41.3 Å². The second-order valence-electron chi connectivity index (χ2n) is 5.87. The topological polar surface area (TPSA) is 81.9 Å². The molecule has 7 nitrogen and oxygen atoms in total. The van der Waals surface area contributed by atoms with Gasteiger partial charge in [0.15, 0.2) is 0 Å². The first-order valence-corrected chi connectivity index (χ1v) is 7.97. The lowest BCUT2D eigenvalue weighted by atomic mass is 10.1. The lowest BCUT2D eigenvalue weighted by molar-refractivity contribution is 0.102. The predicted octanol–water partition coefficient (Wildman–Crippen LogP) is 2.58. The normalized spacial score (nSPS) is 10.6. The number of aryl methyl sites for hydroxylation is 2. The minimum Gasteiger partial charge on any atom is -0.497 e. The van der Waals surface area contributed by atoms with Crippen molar-refractivity contribution in [3.05, 3.63) is 63.7 Å². The van der Waals surface area contributed by atoms with Crippen LogP contribution >= 0.6 is 0 Å². The number of carbonyl (C=O) groups excluding carboxylic acids is 1. The number of rotatable bonds is 4. The van der Waals surface area contributed by atoms with Crippen LogP contribution in [0, 0.1) is 13.8 Å². The van der Waals surface area contributed by atoms with E-state index in [4.69, 9.17) is 9.47 Å². The molecule has 1 amide bonds. The van der Waals surface area contributed by atoms with Gasteiger partial charge < -0.3 is 14.8 Å². The highest BCUT2D eigenvalue weighted by Crippen LogP contribution is 2.23.